The van der Waals surface area contributed by atoms with E-state index < -0.39 is 0 Å². The van der Waals surface area contributed by atoms with Crippen molar-refractivity contribution in [1.82, 2.24) is 15.3 Å². The maximum absolute atomic E-state index is 5.83. The second-order valence-corrected chi connectivity index (χ2v) is 5.93. The van der Waals surface area contributed by atoms with Gasteiger partial charge in [-0.3, -0.25) is 0 Å². The first-order valence-electron chi connectivity index (χ1n) is 6.05. The lowest BCUT2D eigenvalue weighted by Gasteiger charge is -2.35. The maximum atomic E-state index is 5.83. The molecule has 2 aliphatic heterocycles. The van der Waals surface area contributed by atoms with Crippen molar-refractivity contribution in [1.29, 1.82) is 0 Å². The minimum Gasteiger partial charge on any atom is -0.335 e. The van der Waals surface area contributed by atoms with Crippen LogP contribution in [0, 0.1) is 11.8 Å². The van der Waals surface area contributed by atoms with Gasteiger partial charge in [0.2, 0.25) is 5.95 Å². The van der Waals surface area contributed by atoms with E-state index in [4.69, 9.17) is 11.6 Å². The first-order valence-corrected chi connectivity index (χ1v) is 6.43. The lowest BCUT2D eigenvalue weighted by molar-refractivity contribution is 0.355. The lowest BCUT2D eigenvalue weighted by atomic mass is 9.85. The minimum absolute atomic E-state index is 0.113. The van der Waals surface area contributed by atoms with Crippen LogP contribution in [0.3, 0.4) is 0 Å². The van der Waals surface area contributed by atoms with Crippen LogP contribution in [0.1, 0.15) is 13.8 Å². The van der Waals surface area contributed by atoms with E-state index in [0.29, 0.717) is 16.9 Å². The van der Waals surface area contributed by atoms with Gasteiger partial charge in [0.1, 0.15) is 0 Å². The Morgan fingerprint density at radius 1 is 1.35 bits per heavy atom. The first-order chi connectivity index (χ1) is 8.09. The Bertz CT molecular complexity index is 417. The van der Waals surface area contributed by atoms with Crippen molar-refractivity contribution in [2.24, 2.45) is 11.8 Å². The molecule has 0 spiro atoms. The normalized spacial score (nSPS) is 30.6. The van der Waals surface area contributed by atoms with E-state index in [1.807, 2.05) is 0 Å². The summed E-state index contributed by atoms with van der Waals surface area (Å²) < 4.78 is 0. The fourth-order valence-corrected chi connectivity index (χ4v) is 3.30. The fraction of sp³-hybridized carbons (Fsp3) is 0.667. The van der Waals surface area contributed by atoms with Crippen molar-refractivity contribution < 1.29 is 0 Å². The minimum atomic E-state index is 0.113. The average Bonchev–Trinajstić information content (AvgIpc) is 2.83. The van der Waals surface area contributed by atoms with Crippen LogP contribution >= 0.6 is 11.6 Å². The zero-order valence-electron chi connectivity index (χ0n) is 10.2. The van der Waals surface area contributed by atoms with Crippen molar-refractivity contribution >= 4 is 17.5 Å². The summed E-state index contributed by atoms with van der Waals surface area (Å²) in [6.45, 7) is 7.80. The van der Waals surface area contributed by atoms with E-state index >= 15 is 0 Å². The van der Waals surface area contributed by atoms with E-state index in [-0.39, 0.29) is 5.54 Å². The smallest absolute Gasteiger partial charge is 0.225 e. The standard InChI is InChI=1S/C12H17ClN4/c1-12(2)10-6-14-3-8(10)7-17(12)11-15-4-9(13)5-16-11/h4-5,8,10,14H,3,6-7H2,1-2H3. The summed E-state index contributed by atoms with van der Waals surface area (Å²) in [5.74, 6) is 2.19. The van der Waals surface area contributed by atoms with Crippen LogP contribution in [-0.2, 0) is 0 Å². The predicted octanol–water partition coefficient (Wildman–Crippen LogP) is 1.56. The molecule has 4 nitrogen and oxygen atoms in total. The molecule has 0 radical (unpaired) electrons. The van der Waals surface area contributed by atoms with Crippen LogP contribution in [0.2, 0.25) is 5.02 Å². The molecular formula is C12H17ClN4. The van der Waals surface area contributed by atoms with Gasteiger partial charge in [-0.15, -0.1) is 0 Å². The number of nitrogens with zero attached hydrogens (tertiary/aromatic N) is 3. The highest BCUT2D eigenvalue weighted by Crippen LogP contribution is 2.41. The molecule has 2 aliphatic rings. The number of nitrogens with one attached hydrogen (secondary N) is 1. The Hall–Kier alpha value is -0.870. The molecule has 3 rings (SSSR count). The van der Waals surface area contributed by atoms with Crippen molar-refractivity contribution in [2.75, 3.05) is 24.5 Å². The third-order valence-electron chi connectivity index (χ3n) is 4.21. The summed E-state index contributed by atoms with van der Waals surface area (Å²) in [6, 6.07) is 0. The molecule has 17 heavy (non-hydrogen) atoms. The molecule has 1 aromatic heterocycles. The topological polar surface area (TPSA) is 41.0 Å². The van der Waals surface area contributed by atoms with Gasteiger partial charge in [0.05, 0.1) is 17.4 Å². The molecule has 1 N–H and O–H groups in total. The molecule has 3 heterocycles. The van der Waals surface area contributed by atoms with Crippen molar-refractivity contribution in [3.63, 3.8) is 0 Å². The van der Waals surface area contributed by atoms with E-state index in [9.17, 15) is 0 Å². The molecule has 0 saturated carbocycles. The van der Waals surface area contributed by atoms with Crippen molar-refractivity contribution in [3.8, 4) is 0 Å². The summed E-state index contributed by atoms with van der Waals surface area (Å²) in [5, 5.41) is 4.06. The molecule has 0 amide bonds. The SMILES string of the molecule is CC1(C)C2CNCC2CN1c1ncc(Cl)cn1. The molecule has 2 fully saturated rings. The number of rotatable bonds is 1. The fourth-order valence-electron chi connectivity index (χ4n) is 3.21. The van der Waals surface area contributed by atoms with Gasteiger partial charge in [-0.1, -0.05) is 11.6 Å². The highest BCUT2D eigenvalue weighted by atomic mass is 35.5. The largest absolute Gasteiger partial charge is 0.335 e. The van der Waals surface area contributed by atoms with Crippen LogP contribution < -0.4 is 10.2 Å². The molecular weight excluding hydrogens is 236 g/mol. The van der Waals surface area contributed by atoms with E-state index in [2.05, 4.69) is 34.0 Å². The maximum Gasteiger partial charge on any atom is 0.225 e. The second kappa shape index (κ2) is 3.82. The molecule has 1 aromatic rings. The van der Waals surface area contributed by atoms with Gasteiger partial charge in [0.25, 0.3) is 0 Å². The third-order valence-corrected chi connectivity index (χ3v) is 4.40. The highest BCUT2D eigenvalue weighted by Gasteiger charge is 2.50. The summed E-state index contributed by atoms with van der Waals surface area (Å²) in [7, 11) is 0. The third kappa shape index (κ3) is 1.70. The Balaban J connectivity index is 1.91. The number of hydrogen-bond acceptors (Lipinski definition) is 4. The van der Waals surface area contributed by atoms with E-state index in [1.165, 1.54) is 0 Å². The van der Waals surface area contributed by atoms with Gasteiger partial charge in [-0.25, -0.2) is 9.97 Å². The monoisotopic (exact) mass is 252 g/mol. The van der Waals surface area contributed by atoms with Gasteiger partial charge in [0, 0.05) is 25.2 Å². The summed E-state index contributed by atoms with van der Waals surface area (Å²) >= 11 is 5.83. The molecule has 2 unspecified atom stereocenters. The number of anilines is 1. The van der Waals surface area contributed by atoms with Crippen LogP contribution in [-0.4, -0.2) is 35.1 Å². The van der Waals surface area contributed by atoms with Crippen LogP contribution in [0.4, 0.5) is 5.95 Å². The molecule has 0 aliphatic carbocycles. The summed E-state index contributed by atoms with van der Waals surface area (Å²) in [6.07, 6.45) is 3.35. The van der Waals surface area contributed by atoms with E-state index in [0.717, 1.165) is 25.6 Å². The van der Waals surface area contributed by atoms with Gasteiger partial charge < -0.3 is 10.2 Å². The Kier molecular flexibility index (Phi) is 2.52. The quantitative estimate of drug-likeness (QED) is 0.824. The number of hydrogen-bond donors (Lipinski definition) is 1. The van der Waals surface area contributed by atoms with Crippen molar-refractivity contribution in [2.45, 2.75) is 19.4 Å². The number of halogens is 1. The van der Waals surface area contributed by atoms with Gasteiger partial charge >= 0.3 is 0 Å². The summed E-state index contributed by atoms with van der Waals surface area (Å²) in [5.41, 5.74) is 0.113. The zero-order chi connectivity index (χ0) is 12.0. The van der Waals surface area contributed by atoms with Gasteiger partial charge in [-0.05, 0) is 25.7 Å². The van der Waals surface area contributed by atoms with Crippen LogP contribution in [0.15, 0.2) is 12.4 Å². The number of fused-ring (bicyclic) bond motifs is 1. The Labute approximate surface area is 106 Å². The molecule has 92 valence electrons. The van der Waals surface area contributed by atoms with Crippen LogP contribution in [0.25, 0.3) is 0 Å². The zero-order valence-corrected chi connectivity index (χ0v) is 10.9. The highest BCUT2D eigenvalue weighted by molar-refractivity contribution is 6.30. The first kappa shape index (κ1) is 11.2. The number of aromatic nitrogens is 2. The van der Waals surface area contributed by atoms with Gasteiger partial charge in [-0.2, -0.15) is 0 Å². The van der Waals surface area contributed by atoms with E-state index in [1.54, 1.807) is 12.4 Å². The molecule has 2 atom stereocenters. The summed E-state index contributed by atoms with van der Waals surface area (Å²) in [4.78, 5) is 11.0. The lowest BCUT2D eigenvalue weighted by Crippen LogP contribution is -2.45. The molecule has 0 aromatic carbocycles. The molecule has 5 heteroatoms. The Morgan fingerprint density at radius 2 is 2.06 bits per heavy atom. The average molecular weight is 253 g/mol. The molecule has 0 bridgehead atoms. The van der Waals surface area contributed by atoms with Crippen molar-refractivity contribution in [3.05, 3.63) is 17.4 Å². The second-order valence-electron chi connectivity index (χ2n) is 5.49. The predicted molar refractivity (Wildman–Crippen MR) is 68.3 cm³/mol. The Morgan fingerprint density at radius 3 is 2.71 bits per heavy atom. The van der Waals surface area contributed by atoms with Gasteiger partial charge in [0.15, 0.2) is 0 Å². The molecule has 2 saturated heterocycles. The van der Waals surface area contributed by atoms with Crippen LogP contribution in [0.5, 0.6) is 0 Å².